The van der Waals surface area contributed by atoms with Crippen molar-refractivity contribution >= 4 is 6.03 Å². The number of allylic oxidation sites excluding steroid dienone is 1. The molecule has 0 radical (unpaired) electrons. The molecule has 0 saturated carbocycles. The molecule has 1 rings (SSSR count). The van der Waals surface area contributed by atoms with E-state index in [0.29, 0.717) is 13.0 Å². The van der Waals surface area contributed by atoms with Gasteiger partial charge in [0.2, 0.25) is 0 Å². The molecule has 4 nitrogen and oxygen atoms in total. The van der Waals surface area contributed by atoms with Crippen LogP contribution >= 0.6 is 0 Å². The van der Waals surface area contributed by atoms with E-state index in [4.69, 9.17) is 5.11 Å². The van der Waals surface area contributed by atoms with Gasteiger partial charge in [-0.05, 0) is 51.9 Å². The van der Waals surface area contributed by atoms with Gasteiger partial charge >= 0.3 is 6.03 Å². The van der Waals surface area contributed by atoms with E-state index < -0.39 is 0 Å². The van der Waals surface area contributed by atoms with E-state index in [2.05, 4.69) is 16.7 Å². The van der Waals surface area contributed by atoms with Gasteiger partial charge in [-0.2, -0.15) is 0 Å². The maximum atomic E-state index is 11.8. The van der Waals surface area contributed by atoms with E-state index in [0.717, 1.165) is 12.8 Å². The third kappa shape index (κ3) is 6.10. The molecule has 110 valence electrons. The van der Waals surface area contributed by atoms with Crippen molar-refractivity contribution in [3.05, 3.63) is 11.6 Å². The van der Waals surface area contributed by atoms with Gasteiger partial charge in [-0.15, -0.1) is 0 Å². The molecule has 0 aromatic heterocycles. The zero-order valence-electron chi connectivity index (χ0n) is 12.3. The SMILES string of the molecule is CCC(C)(CCO)NC(=O)NCCC1=CCCCC1. The van der Waals surface area contributed by atoms with Crippen LogP contribution in [0.2, 0.25) is 0 Å². The summed E-state index contributed by atoms with van der Waals surface area (Å²) in [6.07, 6.45) is 9.61. The van der Waals surface area contributed by atoms with Crippen LogP contribution in [0.4, 0.5) is 4.79 Å². The van der Waals surface area contributed by atoms with E-state index in [1.54, 1.807) is 0 Å². The molecule has 19 heavy (non-hydrogen) atoms. The van der Waals surface area contributed by atoms with Gasteiger partial charge < -0.3 is 15.7 Å². The number of hydrogen-bond acceptors (Lipinski definition) is 2. The largest absolute Gasteiger partial charge is 0.396 e. The van der Waals surface area contributed by atoms with Crippen LogP contribution in [-0.4, -0.2) is 29.8 Å². The van der Waals surface area contributed by atoms with Crippen molar-refractivity contribution in [3.8, 4) is 0 Å². The summed E-state index contributed by atoms with van der Waals surface area (Å²) in [4.78, 5) is 11.8. The van der Waals surface area contributed by atoms with Gasteiger partial charge in [0.15, 0.2) is 0 Å². The second-order valence-corrected chi connectivity index (χ2v) is 5.63. The first-order chi connectivity index (χ1) is 9.09. The van der Waals surface area contributed by atoms with Gasteiger partial charge in [0.05, 0.1) is 0 Å². The van der Waals surface area contributed by atoms with Crippen molar-refractivity contribution in [2.75, 3.05) is 13.2 Å². The van der Waals surface area contributed by atoms with Crippen molar-refractivity contribution in [2.45, 2.75) is 64.3 Å². The van der Waals surface area contributed by atoms with E-state index >= 15 is 0 Å². The van der Waals surface area contributed by atoms with Gasteiger partial charge in [-0.25, -0.2) is 4.79 Å². The summed E-state index contributed by atoms with van der Waals surface area (Å²) in [5.74, 6) is 0. The average molecular weight is 268 g/mol. The fourth-order valence-electron chi connectivity index (χ4n) is 2.36. The Morgan fingerprint density at radius 2 is 2.26 bits per heavy atom. The topological polar surface area (TPSA) is 61.4 Å². The van der Waals surface area contributed by atoms with Crippen LogP contribution in [0.15, 0.2) is 11.6 Å². The van der Waals surface area contributed by atoms with Crippen molar-refractivity contribution in [3.63, 3.8) is 0 Å². The molecular formula is C15H28N2O2. The van der Waals surface area contributed by atoms with Gasteiger partial charge in [0, 0.05) is 18.7 Å². The molecule has 0 aromatic carbocycles. The quantitative estimate of drug-likeness (QED) is 0.622. The number of aliphatic hydroxyl groups is 1. The molecule has 0 spiro atoms. The number of nitrogens with one attached hydrogen (secondary N) is 2. The molecule has 0 aliphatic heterocycles. The van der Waals surface area contributed by atoms with Crippen LogP contribution in [0.25, 0.3) is 0 Å². The zero-order valence-corrected chi connectivity index (χ0v) is 12.3. The minimum absolute atomic E-state index is 0.0947. The summed E-state index contributed by atoms with van der Waals surface area (Å²) in [7, 11) is 0. The molecular weight excluding hydrogens is 240 g/mol. The van der Waals surface area contributed by atoms with Crippen molar-refractivity contribution in [1.82, 2.24) is 10.6 Å². The summed E-state index contributed by atoms with van der Waals surface area (Å²) in [6.45, 7) is 4.77. The van der Waals surface area contributed by atoms with E-state index in [1.807, 2.05) is 13.8 Å². The van der Waals surface area contributed by atoms with Gasteiger partial charge in [0.1, 0.15) is 0 Å². The molecule has 0 fully saturated rings. The fraction of sp³-hybridized carbons (Fsp3) is 0.800. The van der Waals surface area contributed by atoms with Crippen LogP contribution in [-0.2, 0) is 0 Å². The number of urea groups is 1. The number of carbonyl (C=O) groups is 1. The minimum Gasteiger partial charge on any atom is -0.396 e. The lowest BCUT2D eigenvalue weighted by atomic mass is 9.95. The van der Waals surface area contributed by atoms with Gasteiger partial charge in [-0.3, -0.25) is 0 Å². The molecule has 4 heteroatoms. The monoisotopic (exact) mass is 268 g/mol. The molecule has 1 unspecified atom stereocenters. The Labute approximate surface area is 116 Å². The first-order valence-corrected chi connectivity index (χ1v) is 7.44. The highest BCUT2D eigenvalue weighted by Gasteiger charge is 2.23. The lowest BCUT2D eigenvalue weighted by Crippen LogP contribution is -2.50. The number of hydrogen-bond donors (Lipinski definition) is 3. The van der Waals surface area contributed by atoms with Crippen molar-refractivity contribution in [2.24, 2.45) is 0 Å². The van der Waals surface area contributed by atoms with E-state index in [1.165, 1.54) is 31.3 Å². The second-order valence-electron chi connectivity index (χ2n) is 5.63. The summed E-state index contributed by atoms with van der Waals surface area (Å²) in [5, 5.41) is 14.9. The molecule has 1 aliphatic carbocycles. The molecule has 0 aromatic rings. The van der Waals surface area contributed by atoms with Crippen molar-refractivity contribution in [1.29, 1.82) is 0 Å². The third-order valence-electron chi connectivity index (χ3n) is 3.98. The van der Waals surface area contributed by atoms with Crippen LogP contribution in [0.5, 0.6) is 0 Å². The molecule has 0 heterocycles. The highest BCUT2D eigenvalue weighted by molar-refractivity contribution is 5.74. The standard InChI is InChI=1S/C15H28N2O2/c1-3-15(2,10-12-18)17-14(19)16-11-9-13-7-5-4-6-8-13/h7,18H,3-6,8-12H2,1-2H3,(H2,16,17,19). The highest BCUT2D eigenvalue weighted by Crippen LogP contribution is 2.19. The Balaban J connectivity index is 2.25. The van der Waals surface area contributed by atoms with Crippen LogP contribution in [0.3, 0.4) is 0 Å². The number of aliphatic hydroxyl groups excluding tert-OH is 1. The maximum Gasteiger partial charge on any atom is 0.315 e. The summed E-state index contributed by atoms with van der Waals surface area (Å²) in [6, 6.07) is -0.130. The third-order valence-corrected chi connectivity index (χ3v) is 3.98. The Hall–Kier alpha value is -1.03. The lowest BCUT2D eigenvalue weighted by Gasteiger charge is -2.29. The van der Waals surface area contributed by atoms with Crippen LogP contribution in [0.1, 0.15) is 58.8 Å². The van der Waals surface area contributed by atoms with E-state index in [9.17, 15) is 4.79 Å². The van der Waals surface area contributed by atoms with Gasteiger partial charge in [0.25, 0.3) is 0 Å². The summed E-state index contributed by atoms with van der Waals surface area (Å²) in [5.41, 5.74) is 1.16. The lowest BCUT2D eigenvalue weighted by molar-refractivity contribution is 0.201. The Morgan fingerprint density at radius 3 is 2.84 bits per heavy atom. The molecule has 0 bridgehead atoms. The first kappa shape index (κ1) is 16.0. The predicted molar refractivity (Wildman–Crippen MR) is 78.1 cm³/mol. The molecule has 1 atom stereocenters. The Morgan fingerprint density at radius 1 is 1.47 bits per heavy atom. The smallest absolute Gasteiger partial charge is 0.315 e. The highest BCUT2D eigenvalue weighted by atomic mass is 16.3. The molecule has 2 amide bonds. The van der Waals surface area contributed by atoms with Gasteiger partial charge in [-0.1, -0.05) is 18.6 Å². The first-order valence-electron chi connectivity index (χ1n) is 7.44. The zero-order chi connectivity index (χ0) is 14.1. The predicted octanol–water partition coefficient (Wildman–Crippen LogP) is 2.73. The second kappa shape index (κ2) is 8.20. The number of rotatable bonds is 7. The fourth-order valence-corrected chi connectivity index (χ4v) is 2.36. The van der Waals surface area contributed by atoms with Crippen molar-refractivity contribution < 1.29 is 9.90 Å². The van der Waals surface area contributed by atoms with E-state index in [-0.39, 0.29) is 18.2 Å². The minimum atomic E-state index is -0.317. The molecule has 0 saturated heterocycles. The summed E-state index contributed by atoms with van der Waals surface area (Å²) < 4.78 is 0. The normalized spacial score (nSPS) is 18.4. The number of amides is 2. The molecule has 1 aliphatic rings. The maximum absolute atomic E-state index is 11.8. The average Bonchev–Trinajstić information content (AvgIpc) is 2.40. The Kier molecular flexibility index (Phi) is 6.92. The van der Waals surface area contributed by atoms with Crippen LogP contribution < -0.4 is 10.6 Å². The Bertz CT molecular complexity index is 315. The number of carbonyl (C=O) groups excluding carboxylic acids is 1. The molecule has 3 N–H and O–H groups in total. The van der Waals surface area contributed by atoms with Crippen LogP contribution in [0, 0.1) is 0 Å². The summed E-state index contributed by atoms with van der Waals surface area (Å²) >= 11 is 0.